The summed E-state index contributed by atoms with van der Waals surface area (Å²) in [5.74, 6) is -4.00. The Bertz CT molecular complexity index is 1090. The third kappa shape index (κ3) is 5.16. The topological polar surface area (TPSA) is 84.4 Å². The van der Waals surface area contributed by atoms with Crippen molar-refractivity contribution in [2.45, 2.75) is 51.5 Å². The zero-order valence-corrected chi connectivity index (χ0v) is 19.4. The van der Waals surface area contributed by atoms with Crippen LogP contribution in [-0.4, -0.2) is 58.4 Å². The number of hydrogen-bond acceptors (Lipinski definition) is 7. The Morgan fingerprint density at radius 3 is 2.68 bits per heavy atom. The van der Waals surface area contributed by atoms with Crippen LogP contribution in [0.4, 0.5) is 23.4 Å². The summed E-state index contributed by atoms with van der Waals surface area (Å²) in [7, 11) is 0. The van der Waals surface area contributed by atoms with Gasteiger partial charge in [0.1, 0.15) is 11.5 Å². The van der Waals surface area contributed by atoms with E-state index in [2.05, 4.69) is 15.3 Å². The predicted molar refractivity (Wildman–Crippen MR) is 118 cm³/mol. The van der Waals surface area contributed by atoms with E-state index < -0.39 is 48.8 Å². The Morgan fingerprint density at radius 1 is 1.35 bits per heavy atom. The number of alkyl halides is 4. The summed E-state index contributed by atoms with van der Waals surface area (Å²) in [5.41, 5.74) is -0.830. The average Bonchev–Trinajstić information content (AvgIpc) is 3.43. The van der Waals surface area contributed by atoms with E-state index in [-0.39, 0.29) is 33.6 Å². The first-order chi connectivity index (χ1) is 16.1. The van der Waals surface area contributed by atoms with Crippen LogP contribution in [0.15, 0.2) is 12.3 Å². The number of anilines is 1. The number of carbonyl (C=O) groups excluding carboxylic acids is 2. The van der Waals surface area contributed by atoms with Crippen LogP contribution >= 0.6 is 11.3 Å². The van der Waals surface area contributed by atoms with Crippen LogP contribution in [0.5, 0.6) is 0 Å². The first-order valence-corrected chi connectivity index (χ1v) is 11.8. The molecule has 1 amide bonds. The largest absolute Gasteiger partial charge is 0.461 e. The quantitative estimate of drug-likeness (QED) is 0.405. The molecule has 2 aromatic rings. The van der Waals surface area contributed by atoms with Crippen LogP contribution in [-0.2, 0) is 4.74 Å². The first kappa shape index (κ1) is 24.4. The van der Waals surface area contributed by atoms with Crippen molar-refractivity contribution in [3.63, 3.8) is 0 Å². The highest BCUT2D eigenvalue weighted by Gasteiger charge is 2.46. The highest BCUT2D eigenvalue weighted by Crippen LogP contribution is 2.40. The molecule has 4 rings (SSSR count). The number of rotatable bonds is 8. The van der Waals surface area contributed by atoms with Gasteiger partial charge >= 0.3 is 5.97 Å². The molecule has 0 aromatic carbocycles. The highest BCUT2D eigenvalue weighted by molar-refractivity contribution is 7.17. The zero-order valence-electron chi connectivity index (χ0n) is 18.6. The molecule has 0 spiro atoms. The van der Waals surface area contributed by atoms with Crippen LogP contribution in [0.1, 0.15) is 65.4 Å². The van der Waals surface area contributed by atoms with Crippen molar-refractivity contribution in [1.29, 1.82) is 0 Å². The molecule has 2 aromatic heterocycles. The van der Waals surface area contributed by atoms with Crippen molar-refractivity contribution >= 4 is 29.0 Å². The number of carbonyl (C=O) groups is 2. The second-order valence-electron chi connectivity index (χ2n) is 8.54. The molecule has 3 heterocycles. The van der Waals surface area contributed by atoms with E-state index in [0.717, 1.165) is 17.7 Å². The summed E-state index contributed by atoms with van der Waals surface area (Å²) in [6, 6.07) is 0.414. The number of amides is 1. The average molecular weight is 501 g/mol. The standard InChI is InChI=1S/C22H24F4N4O3S/c1-3-33-21(32)19-29-16(20(31)30-10-22(25,26)7-11(30)2)17(34-19)14-9-28-15(6-13(14)18(23)24)27-8-12-4-5-12/h6,9,11-12,18H,3-5,7-8,10H2,1-2H3,(H,27,28). The molecule has 1 aliphatic heterocycles. The van der Waals surface area contributed by atoms with Gasteiger partial charge < -0.3 is 15.0 Å². The Labute approximate surface area is 197 Å². The Hall–Kier alpha value is -2.76. The first-order valence-electron chi connectivity index (χ1n) is 11.0. The van der Waals surface area contributed by atoms with Crippen molar-refractivity contribution in [2.24, 2.45) is 5.92 Å². The molecular weight excluding hydrogens is 476 g/mol. The minimum absolute atomic E-state index is 0.0352. The molecule has 1 aliphatic carbocycles. The second kappa shape index (κ2) is 9.47. The maximum absolute atomic E-state index is 14.0. The number of thiazole rings is 1. The van der Waals surface area contributed by atoms with Gasteiger partial charge in [0, 0.05) is 36.3 Å². The third-order valence-corrected chi connectivity index (χ3v) is 6.82. The van der Waals surface area contributed by atoms with Crippen molar-refractivity contribution in [3.8, 4) is 10.4 Å². The summed E-state index contributed by atoms with van der Waals surface area (Å²) in [6.07, 6.45) is -0.0925. The number of halogens is 4. The molecule has 1 saturated heterocycles. The van der Waals surface area contributed by atoms with Gasteiger partial charge in [-0.3, -0.25) is 4.79 Å². The number of likely N-dealkylation sites (tertiary alicyclic amines) is 1. The van der Waals surface area contributed by atoms with Gasteiger partial charge in [-0.25, -0.2) is 32.3 Å². The SMILES string of the molecule is CCOC(=O)c1nc(C(=O)N2CC(F)(F)CC2C)c(-c2cnc(NCC3CC3)cc2C(F)F)s1. The lowest BCUT2D eigenvalue weighted by molar-refractivity contribution is 0.0117. The number of ether oxygens (including phenoxy) is 1. The summed E-state index contributed by atoms with van der Waals surface area (Å²) < 4.78 is 60.8. The molecule has 12 heteroatoms. The molecule has 1 unspecified atom stereocenters. The molecule has 7 nitrogen and oxygen atoms in total. The van der Waals surface area contributed by atoms with Crippen LogP contribution in [0.3, 0.4) is 0 Å². The molecule has 34 heavy (non-hydrogen) atoms. The number of esters is 1. The number of nitrogens with one attached hydrogen (secondary N) is 1. The van der Waals surface area contributed by atoms with E-state index in [1.165, 1.54) is 19.2 Å². The van der Waals surface area contributed by atoms with Gasteiger partial charge in [-0.1, -0.05) is 0 Å². The molecule has 1 saturated carbocycles. The fourth-order valence-electron chi connectivity index (χ4n) is 3.86. The van der Waals surface area contributed by atoms with E-state index in [4.69, 9.17) is 4.74 Å². The van der Waals surface area contributed by atoms with Crippen molar-refractivity contribution < 1.29 is 31.9 Å². The summed E-state index contributed by atoms with van der Waals surface area (Å²) in [4.78, 5) is 34.7. The van der Waals surface area contributed by atoms with Gasteiger partial charge in [-0.15, -0.1) is 11.3 Å². The lowest BCUT2D eigenvalue weighted by atomic mass is 10.1. The van der Waals surface area contributed by atoms with Gasteiger partial charge in [0.25, 0.3) is 18.3 Å². The summed E-state index contributed by atoms with van der Waals surface area (Å²) in [6.45, 7) is 2.90. The Balaban J connectivity index is 1.75. The van der Waals surface area contributed by atoms with Gasteiger partial charge in [0.05, 0.1) is 18.0 Å². The number of pyridine rings is 1. The van der Waals surface area contributed by atoms with E-state index in [1.54, 1.807) is 6.92 Å². The molecule has 1 atom stereocenters. The van der Waals surface area contributed by atoms with Gasteiger partial charge in [0.15, 0.2) is 0 Å². The molecule has 184 valence electrons. The summed E-state index contributed by atoms with van der Waals surface area (Å²) in [5, 5.41) is 2.80. The summed E-state index contributed by atoms with van der Waals surface area (Å²) >= 11 is 0.700. The number of aromatic nitrogens is 2. The van der Waals surface area contributed by atoms with Crippen molar-refractivity contribution in [3.05, 3.63) is 28.5 Å². The van der Waals surface area contributed by atoms with Crippen LogP contribution in [0, 0.1) is 5.92 Å². The minimum Gasteiger partial charge on any atom is -0.461 e. The van der Waals surface area contributed by atoms with Gasteiger partial charge in [0.2, 0.25) is 5.01 Å². The van der Waals surface area contributed by atoms with Gasteiger partial charge in [-0.05, 0) is 38.7 Å². The van der Waals surface area contributed by atoms with E-state index in [1.807, 2.05) is 0 Å². The third-order valence-electron chi connectivity index (χ3n) is 5.75. The molecule has 1 N–H and O–H groups in total. The van der Waals surface area contributed by atoms with Crippen molar-refractivity contribution in [1.82, 2.24) is 14.9 Å². The fraction of sp³-hybridized carbons (Fsp3) is 0.545. The number of hydrogen-bond donors (Lipinski definition) is 1. The van der Waals surface area contributed by atoms with Crippen LogP contribution in [0.2, 0.25) is 0 Å². The zero-order chi connectivity index (χ0) is 24.6. The lowest BCUT2D eigenvalue weighted by Crippen LogP contribution is -2.35. The highest BCUT2D eigenvalue weighted by atomic mass is 32.1. The molecular formula is C22H24F4N4O3S. The molecule has 2 fully saturated rings. The monoisotopic (exact) mass is 500 g/mol. The van der Waals surface area contributed by atoms with E-state index >= 15 is 0 Å². The maximum Gasteiger partial charge on any atom is 0.367 e. The van der Waals surface area contributed by atoms with E-state index in [0.29, 0.717) is 23.8 Å². The van der Waals surface area contributed by atoms with E-state index in [9.17, 15) is 27.2 Å². The smallest absolute Gasteiger partial charge is 0.367 e. The maximum atomic E-state index is 14.0. The number of nitrogens with zero attached hydrogens (tertiary/aromatic N) is 3. The molecule has 0 radical (unpaired) electrons. The second-order valence-corrected chi connectivity index (χ2v) is 9.54. The Kier molecular flexibility index (Phi) is 6.79. The molecule has 2 aliphatic rings. The Morgan fingerprint density at radius 2 is 2.09 bits per heavy atom. The lowest BCUT2D eigenvalue weighted by Gasteiger charge is -2.20. The van der Waals surface area contributed by atoms with Gasteiger partial charge in [-0.2, -0.15) is 0 Å². The van der Waals surface area contributed by atoms with Crippen LogP contribution in [0.25, 0.3) is 10.4 Å². The van der Waals surface area contributed by atoms with Crippen molar-refractivity contribution in [2.75, 3.05) is 25.0 Å². The predicted octanol–water partition coefficient (Wildman–Crippen LogP) is 5.01. The van der Waals surface area contributed by atoms with Crippen LogP contribution < -0.4 is 5.32 Å². The minimum atomic E-state index is -3.07. The normalized spacial score (nSPS) is 19.5. The fourth-order valence-corrected chi connectivity index (χ4v) is 4.84. The molecule has 0 bridgehead atoms.